The van der Waals surface area contributed by atoms with Gasteiger partial charge in [0.25, 0.3) is 11.6 Å². The Morgan fingerprint density at radius 3 is 2.75 bits per heavy atom. The number of rotatable bonds is 7. The molecule has 0 aromatic carbocycles. The van der Waals surface area contributed by atoms with Crippen molar-refractivity contribution in [2.75, 3.05) is 20.2 Å². The number of carbonyl (C=O) groups is 2. The zero-order valence-corrected chi connectivity index (χ0v) is 11.4. The lowest BCUT2D eigenvalue weighted by Gasteiger charge is -2.15. The van der Waals surface area contributed by atoms with E-state index in [4.69, 9.17) is 4.74 Å². The molecule has 0 bridgehead atoms. The van der Waals surface area contributed by atoms with E-state index in [1.807, 2.05) is 0 Å². The van der Waals surface area contributed by atoms with Crippen molar-refractivity contribution < 1.29 is 19.2 Å². The molecule has 0 aliphatic rings. The molecule has 0 spiro atoms. The molecule has 1 N–H and O–H groups in total. The Kier molecular flexibility index (Phi) is 5.70. The predicted molar refractivity (Wildman–Crippen MR) is 70.3 cm³/mol. The highest BCUT2D eigenvalue weighted by Gasteiger charge is 2.17. The van der Waals surface area contributed by atoms with Crippen molar-refractivity contribution in [2.24, 2.45) is 0 Å². The maximum Gasteiger partial charge on any atom is 0.305 e. The number of aromatic amines is 1. The number of aromatic nitrogens is 1. The number of hydrogen-bond acceptors (Lipinski definition) is 5. The fraction of sp³-hybridized carbons (Fsp3) is 0.500. The van der Waals surface area contributed by atoms with Gasteiger partial charge in [-0.2, -0.15) is 0 Å². The van der Waals surface area contributed by atoms with Gasteiger partial charge in [0.1, 0.15) is 5.69 Å². The third kappa shape index (κ3) is 4.38. The van der Waals surface area contributed by atoms with Crippen LogP contribution in [0.2, 0.25) is 0 Å². The van der Waals surface area contributed by atoms with E-state index < -0.39 is 4.92 Å². The van der Waals surface area contributed by atoms with E-state index in [2.05, 4.69) is 4.98 Å². The highest BCUT2D eigenvalue weighted by atomic mass is 16.6. The van der Waals surface area contributed by atoms with E-state index in [1.165, 1.54) is 17.2 Å². The van der Waals surface area contributed by atoms with E-state index in [-0.39, 0.29) is 29.7 Å². The molecule has 0 aliphatic carbocycles. The lowest BCUT2D eigenvalue weighted by atomic mass is 10.3. The third-order valence-electron chi connectivity index (χ3n) is 2.64. The number of carbonyl (C=O) groups excluding carboxylic acids is 2. The quantitative estimate of drug-likeness (QED) is 0.461. The van der Waals surface area contributed by atoms with Crippen molar-refractivity contribution >= 4 is 17.6 Å². The summed E-state index contributed by atoms with van der Waals surface area (Å²) in [6.45, 7) is 2.43. The summed E-state index contributed by atoms with van der Waals surface area (Å²) in [7, 11) is 1.57. The van der Waals surface area contributed by atoms with Crippen LogP contribution in [0.15, 0.2) is 12.3 Å². The van der Waals surface area contributed by atoms with Crippen molar-refractivity contribution in [1.82, 2.24) is 9.88 Å². The molecule has 110 valence electrons. The van der Waals surface area contributed by atoms with E-state index in [1.54, 1.807) is 14.0 Å². The Bertz CT molecular complexity index is 497. The predicted octanol–water partition coefficient (Wildman–Crippen LogP) is 1.34. The second-order valence-corrected chi connectivity index (χ2v) is 4.16. The fourth-order valence-corrected chi connectivity index (χ4v) is 1.61. The van der Waals surface area contributed by atoms with Gasteiger partial charge in [-0.25, -0.2) is 0 Å². The Morgan fingerprint density at radius 1 is 1.50 bits per heavy atom. The zero-order chi connectivity index (χ0) is 15.1. The number of esters is 1. The lowest BCUT2D eigenvalue weighted by molar-refractivity contribution is -0.384. The number of ether oxygens (including phenoxy) is 1. The highest BCUT2D eigenvalue weighted by molar-refractivity contribution is 5.93. The standard InChI is InChI=1S/C12H17N3O5/c1-3-20-11(16)5-4-6-14(2)12(17)10-7-9(8-13-10)15(18)19/h7-8,13H,3-6H2,1-2H3. The van der Waals surface area contributed by atoms with Crippen molar-refractivity contribution in [1.29, 1.82) is 0 Å². The smallest absolute Gasteiger partial charge is 0.305 e. The normalized spacial score (nSPS) is 10.1. The largest absolute Gasteiger partial charge is 0.466 e. The molecular weight excluding hydrogens is 266 g/mol. The first-order valence-corrected chi connectivity index (χ1v) is 6.19. The van der Waals surface area contributed by atoms with Crippen LogP contribution in [0.25, 0.3) is 0 Å². The van der Waals surface area contributed by atoms with Gasteiger partial charge in [0, 0.05) is 26.1 Å². The van der Waals surface area contributed by atoms with Crippen LogP contribution < -0.4 is 0 Å². The van der Waals surface area contributed by atoms with Gasteiger partial charge >= 0.3 is 5.97 Å². The summed E-state index contributed by atoms with van der Waals surface area (Å²) in [6.07, 6.45) is 1.87. The average molecular weight is 283 g/mol. The molecule has 20 heavy (non-hydrogen) atoms. The third-order valence-corrected chi connectivity index (χ3v) is 2.64. The number of hydrogen-bond donors (Lipinski definition) is 1. The second-order valence-electron chi connectivity index (χ2n) is 4.16. The summed E-state index contributed by atoms with van der Waals surface area (Å²) in [5, 5.41) is 10.5. The maximum atomic E-state index is 11.9. The van der Waals surface area contributed by atoms with Crippen molar-refractivity contribution in [3.63, 3.8) is 0 Å². The van der Waals surface area contributed by atoms with Gasteiger partial charge in [-0.15, -0.1) is 0 Å². The molecule has 1 rings (SSSR count). The average Bonchev–Trinajstić information content (AvgIpc) is 2.87. The molecule has 0 saturated heterocycles. The van der Waals surface area contributed by atoms with E-state index >= 15 is 0 Å². The Morgan fingerprint density at radius 2 is 2.20 bits per heavy atom. The molecule has 1 heterocycles. The van der Waals surface area contributed by atoms with E-state index in [9.17, 15) is 19.7 Å². The molecule has 0 radical (unpaired) electrons. The van der Waals surface area contributed by atoms with Crippen LogP contribution in [0.3, 0.4) is 0 Å². The molecule has 1 aromatic rings. The highest BCUT2D eigenvalue weighted by Crippen LogP contribution is 2.13. The van der Waals surface area contributed by atoms with Gasteiger partial charge < -0.3 is 14.6 Å². The van der Waals surface area contributed by atoms with Crippen LogP contribution >= 0.6 is 0 Å². The molecule has 0 fully saturated rings. The first kappa shape index (κ1) is 15.7. The van der Waals surface area contributed by atoms with Gasteiger partial charge in [0.05, 0.1) is 17.7 Å². The van der Waals surface area contributed by atoms with Crippen molar-refractivity contribution in [3.05, 3.63) is 28.1 Å². The van der Waals surface area contributed by atoms with Crippen molar-refractivity contribution in [2.45, 2.75) is 19.8 Å². The minimum absolute atomic E-state index is 0.148. The van der Waals surface area contributed by atoms with Crippen LogP contribution in [0.5, 0.6) is 0 Å². The number of nitrogens with zero attached hydrogens (tertiary/aromatic N) is 2. The zero-order valence-electron chi connectivity index (χ0n) is 11.4. The van der Waals surface area contributed by atoms with E-state index in [0.717, 1.165) is 0 Å². The fourth-order valence-electron chi connectivity index (χ4n) is 1.61. The lowest BCUT2D eigenvalue weighted by Crippen LogP contribution is -2.28. The Balaban J connectivity index is 2.46. The minimum atomic E-state index is -0.575. The minimum Gasteiger partial charge on any atom is -0.466 e. The number of amides is 1. The monoisotopic (exact) mass is 283 g/mol. The SMILES string of the molecule is CCOC(=O)CCCN(C)C(=O)c1cc([N+](=O)[O-])c[nH]1. The first-order valence-electron chi connectivity index (χ1n) is 6.19. The summed E-state index contributed by atoms with van der Waals surface area (Å²) in [6, 6.07) is 1.18. The van der Waals surface area contributed by atoms with Gasteiger partial charge in [-0.1, -0.05) is 0 Å². The molecule has 0 saturated carbocycles. The van der Waals surface area contributed by atoms with Gasteiger partial charge in [-0.05, 0) is 13.3 Å². The summed E-state index contributed by atoms with van der Waals surface area (Å²) in [4.78, 5) is 37.0. The van der Waals surface area contributed by atoms with Gasteiger partial charge in [-0.3, -0.25) is 19.7 Å². The van der Waals surface area contributed by atoms with Crippen molar-refractivity contribution in [3.8, 4) is 0 Å². The molecule has 0 atom stereocenters. The van der Waals surface area contributed by atoms with Crippen LogP contribution in [-0.4, -0.2) is 46.9 Å². The molecule has 1 aromatic heterocycles. The summed E-state index contributed by atoms with van der Waals surface area (Å²) >= 11 is 0. The first-order chi connectivity index (χ1) is 9.45. The molecule has 0 aliphatic heterocycles. The topological polar surface area (TPSA) is 106 Å². The number of H-pyrrole nitrogens is 1. The number of nitro groups is 1. The van der Waals surface area contributed by atoms with Crippen LogP contribution in [-0.2, 0) is 9.53 Å². The van der Waals surface area contributed by atoms with Gasteiger partial charge in [0.2, 0.25) is 0 Å². The van der Waals surface area contributed by atoms with Crippen LogP contribution in [0, 0.1) is 10.1 Å². The molecular formula is C12H17N3O5. The maximum absolute atomic E-state index is 11.9. The Hall–Kier alpha value is -2.38. The Labute approximate surface area is 115 Å². The second kappa shape index (κ2) is 7.27. The number of nitrogens with one attached hydrogen (secondary N) is 1. The van der Waals surface area contributed by atoms with Gasteiger partial charge in [0.15, 0.2) is 0 Å². The molecule has 1 amide bonds. The molecule has 8 heteroatoms. The summed E-state index contributed by atoms with van der Waals surface area (Å²) < 4.78 is 4.77. The van der Waals surface area contributed by atoms with E-state index in [0.29, 0.717) is 19.6 Å². The molecule has 8 nitrogen and oxygen atoms in total. The van der Waals surface area contributed by atoms with Crippen LogP contribution in [0.4, 0.5) is 5.69 Å². The molecule has 0 unspecified atom stereocenters. The summed E-state index contributed by atoms with van der Waals surface area (Å²) in [5.41, 5.74) is -0.0105. The summed E-state index contributed by atoms with van der Waals surface area (Å²) in [5.74, 6) is -0.661. The van der Waals surface area contributed by atoms with Crippen LogP contribution in [0.1, 0.15) is 30.3 Å².